The van der Waals surface area contributed by atoms with Crippen LogP contribution < -0.4 is 10.2 Å². The first-order valence-electron chi connectivity index (χ1n) is 6.39. The van der Waals surface area contributed by atoms with Gasteiger partial charge in [-0.2, -0.15) is 0 Å². The molecule has 0 spiro atoms. The molecule has 0 saturated carbocycles. The predicted molar refractivity (Wildman–Crippen MR) is 86.1 cm³/mol. The number of anilines is 1. The summed E-state index contributed by atoms with van der Waals surface area (Å²) in [7, 11) is 0. The van der Waals surface area contributed by atoms with Gasteiger partial charge in [-0.15, -0.1) is 0 Å². The summed E-state index contributed by atoms with van der Waals surface area (Å²) < 4.78 is 3.26. The van der Waals surface area contributed by atoms with E-state index in [1.807, 2.05) is 24.3 Å². The molecule has 0 aliphatic heterocycles. The van der Waals surface area contributed by atoms with Crippen molar-refractivity contribution in [2.24, 2.45) is 0 Å². The molecule has 0 atom stereocenters. The second kappa shape index (κ2) is 7.52. The maximum atomic E-state index is 10.9. The van der Waals surface area contributed by atoms with Crippen LogP contribution in [0, 0.1) is 6.92 Å². The second-order valence-electron chi connectivity index (χ2n) is 4.45. The lowest BCUT2D eigenvalue weighted by molar-refractivity contribution is -0.124. The zero-order valence-electron chi connectivity index (χ0n) is 11.5. The van der Waals surface area contributed by atoms with Gasteiger partial charge in [-0.05, 0) is 54.8 Å². The van der Waals surface area contributed by atoms with Crippen molar-refractivity contribution in [3.63, 3.8) is 0 Å². The van der Waals surface area contributed by atoms with Crippen LogP contribution in [0.1, 0.15) is 11.1 Å². The SMILES string of the molecule is Cc1ccc(SNc2cccc(/C=C/C(=O)NO)c2)cc1. The number of rotatable bonds is 5. The molecule has 3 N–H and O–H groups in total. The van der Waals surface area contributed by atoms with Crippen LogP contribution >= 0.6 is 11.9 Å². The molecular weight excluding hydrogens is 284 g/mol. The van der Waals surface area contributed by atoms with Crippen molar-refractivity contribution in [1.82, 2.24) is 5.48 Å². The lowest BCUT2D eigenvalue weighted by Crippen LogP contribution is -2.14. The molecule has 0 aliphatic rings. The Morgan fingerprint density at radius 2 is 1.95 bits per heavy atom. The Morgan fingerprint density at radius 1 is 1.19 bits per heavy atom. The maximum Gasteiger partial charge on any atom is 0.267 e. The summed E-state index contributed by atoms with van der Waals surface area (Å²) in [5.41, 5.74) is 4.59. The second-order valence-corrected chi connectivity index (χ2v) is 5.33. The predicted octanol–water partition coefficient (Wildman–Crippen LogP) is 3.63. The normalized spacial score (nSPS) is 10.6. The Morgan fingerprint density at radius 3 is 2.67 bits per heavy atom. The lowest BCUT2D eigenvalue weighted by Gasteiger charge is -2.06. The van der Waals surface area contributed by atoms with Gasteiger partial charge in [0.1, 0.15) is 0 Å². The summed E-state index contributed by atoms with van der Waals surface area (Å²) in [4.78, 5) is 12.1. The molecule has 2 rings (SSSR count). The minimum atomic E-state index is -0.553. The number of aryl methyl sites for hydroxylation is 1. The number of nitrogens with one attached hydrogen (secondary N) is 2. The number of carbonyl (C=O) groups excluding carboxylic acids is 1. The molecule has 0 aromatic heterocycles. The molecule has 0 bridgehead atoms. The number of benzene rings is 2. The van der Waals surface area contributed by atoms with Crippen molar-refractivity contribution in [2.45, 2.75) is 11.8 Å². The van der Waals surface area contributed by atoms with Crippen LogP contribution in [0.2, 0.25) is 0 Å². The van der Waals surface area contributed by atoms with Gasteiger partial charge in [0.25, 0.3) is 5.91 Å². The fourth-order valence-corrected chi connectivity index (χ4v) is 2.27. The van der Waals surface area contributed by atoms with E-state index in [9.17, 15) is 4.79 Å². The molecule has 4 nitrogen and oxygen atoms in total. The van der Waals surface area contributed by atoms with E-state index in [1.165, 1.54) is 23.6 Å². The van der Waals surface area contributed by atoms with E-state index in [0.29, 0.717) is 0 Å². The van der Waals surface area contributed by atoms with Gasteiger partial charge in [-0.3, -0.25) is 10.0 Å². The molecule has 21 heavy (non-hydrogen) atoms. The Hall–Kier alpha value is -2.24. The number of hydrogen-bond acceptors (Lipinski definition) is 4. The van der Waals surface area contributed by atoms with Gasteiger partial charge in [0.05, 0.1) is 0 Å². The molecule has 0 radical (unpaired) electrons. The van der Waals surface area contributed by atoms with Crippen LogP contribution in [0.5, 0.6) is 0 Å². The lowest BCUT2D eigenvalue weighted by atomic mass is 10.2. The quantitative estimate of drug-likeness (QED) is 0.341. The third kappa shape index (κ3) is 4.98. The fraction of sp³-hybridized carbons (Fsp3) is 0.0625. The summed E-state index contributed by atoms with van der Waals surface area (Å²) in [6, 6.07) is 15.9. The van der Waals surface area contributed by atoms with Gasteiger partial charge in [0, 0.05) is 16.7 Å². The summed E-state index contributed by atoms with van der Waals surface area (Å²) in [6.07, 6.45) is 2.90. The van der Waals surface area contributed by atoms with Crippen LogP contribution in [-0.4, -0.2) is 11.1 Å². The molecule has 2 aromatic carbocycles. The Labute approximate surface area is 128 Å². The molecule has 0 heterocycles. The number of carbonyl (C=O) groups is 1. The van der Waals surface area contributed by atoms with E-state index >= 15 is 0 Å². The van der Waals surface area contributed by atoms with Crippen molar-refractivity contribution in [2.75, 3.05) is 4.72 Å². The summed E-state index contributed by atoms with van der Waals surface area (Å²) in [5, 5.41) is 8.43. The topological polar surface area (TPSA) is 61.4 Å². The van der Waals surface area contributed by atoms with Gasteiger partial charge < -0.3 is 4.72 Å². The summed E-state index contributed by atoms with van der Waals surface area (Å²) in [6.45, 7) is 2.06. The summed E-state index contributed by atoms with van der Waals surface area (Å²) >= 11 is 1.53. The van der Waals surface area contributed by atoms with E-state index in [4.69, 9.17) is 5.21 Å². The highest BCUT2D eigenvalue weighted by Gasteiger charge is 1.97. The minimum Gasteiger partial charge on any atom is -0.326 e. The van der Waals surface area contributed by atoms with Gasteiger partial charge in [-0.25, -0.2) is 5.48 Å². The Kier molecular flexibility index (Phi) is 5.43. The average molecular weight is 300 g/mol. The molecule has 5 heteroatoms. The van der Waals surface area contributed by atoms with Crippen molar-refractivity contribution in [1.29, 1.82) is 0 Å². The molecular formula is C16H16N2O2S. The van der Waals surface area contributed by atoms with Crippen molar-refractivity contribution < 1.29 is 10.0 Å². The zero-order valence-corrected chi connectivity index (χ0v) is 12.4. The number of hydroxylamine groups is 1. The molecule has 108 valence electrons. The van der Waals surface area contributed by atoms with Crippen LogP contribution in [0.15, 0.2) is 59.5 Å². The standard InChI is InChI=1S/C16H16N2O2S/c1-12-5-8-15(9-6-12)21-18-14-4-2-3-13(11-14)7-10-16(19)17-20/h2-11,18,20H,1H3,(H,17,19)/b10-7+. The number of amides is 1. The first-order valence-corrected chi connectivity index (χ1v) is 7.21. The molecule has 0 aliphatic carbocycles. The Bertz CT molecular complexity index is 639. The molecule has 1 amide bonds. The van der Waals surface area contributed by atoms with Gasteiger partial charge in [0.2, 0.25) is 0 Å². The van der Waals surface area contributed by atoms with E-state index in [-0.39, 0.29) is 0 Å². The Balaban J connectivity index is 1.99. The van der Waals surface area contributed by atoms with Crippen LogP contribution in [-0.2, 0) is 4.79 Å². The van der Waals surface area contributed by atoms with Gasteiger partial charge in [0.15, 0.2) is 0 Å². The fourth-order valence-electron chi connectivity index (χ4n) is 1.64. The molecule has 2 aromatic rings. The zero-order chi connectivity index (χ0) is 15.1. The summed E-state index contributed by atoms with van der Waals surface area (Å²) in [5.74, 6) is -0.553. The smallest absolute Gasteiger partial charge is 0.267 e. The van der Waals surface area contributed by atoms with E-state index < -0.39 is 5.91 Å². The van der Waals surface area contributed by atoms with E-state index in [0.717, 1.165) is 16.1 Å². The molecule has 0 fully saturated rings. The van der Waals surface area contributed by atoms with Crippen LogP contribution in [0.25, 0.3) is 6.08 Å². The first-order chi connectivity index (χ1) is 10.2. The number of hydrogen-bond donors (Lipinski definition) is 3. The van der Waals surface area contributed by atoms with Crippen LogP contribution in [0.4, 0.5) is 5.69 Å². The average Bonchev–Trinajstić information content (AvgIpc) is 2.52. The highest BCUT2D eigenvalue weighted by atomic mass is 32.2. The molecule has 0 unspecified atom stereocenters. The minimum absolute atomic E-state index is 0.553. The van der Waals surface area contributed by atoms with E-state index in [1.54, 1.807) is 11.6 Å². The van der Waals surface area contributed by atoms with Crippen molar-refractivity contribution >= 4 is 29.6 Å². The third-order valence-corrected chi connectivity index (χ3v) is 3.58. The highest BCUT2D eigenvalue weighted by Crippen LogP contribution is 2.22. The largest absolute Gasteiger partial charge is 0.326 e. The van der Waals surface area contributed by atoms with Crippen molar-refractivity contribution in [3.8, 4) is 0 Å². The highest BCUT2D eigenvalue weighted by molar-refractivity contribution is 8.00. The van der Waals surface area contributed by atoms with Gasteiger partial charge in [-0.1, -0.05) is 29.8 Å². The molecule has 0 saturated heterocycles. The maximum absolute atomic E-state index is 10.9. The van der Waals surface area contributed by atoms with Crippen molar-refractivity contribution in [3.05, 3.63) is 65.7 Å². The third-order valence-electron chi connectivity index (χ3n) is 2.73. The first kappa shape index (κ1) is 15.2. The van der Waals surface area contributed by atoms with Gasteiger partial charge >= 0.3 is 0 Å². The van der Waals surface area contributed by atoms with E-state index in [2.05, 4.69) is 35.9 Å². The van der Waals surface area contributed by atoms with Crippen LogP contribution in [0.3, 0.4) is 0 Å². The monoisotopic (exact) mass is 300 g/mol.